The molecule has 7 rings (SSSR count). The predicted molar refractivity (Wildman–Crippen MR) is 174 cm³/mol. The van der Waals surface area contributed by atoms with Crippen molar-refractivity contribution in [2.75, 3.05) is 6.61 Å². The maximum absolute atomic E-state index is 13.5. The number of aromatic nitrogens is 5. The van der Waals surface area contributed by atoms with E-state index in [1.807, 2.05) is 83.7 Å². The Balaban J connectivity index is 1.20. The minimum atomic E-state index is -0.203. The fourth-order valence-corrected chi connectivity index (χ4v) is 6.41. The number of thiazole rings is 1. The van der Waals surface area contributed by atoms with Crippen LogP contribution in [0.15, 0.2) is 83.8 Å². The summed E-state index contributed by atoms with van der Waals surface area (Å²) in [5.41, 5.74) is 5.35. The van der Waals surface area contributed by atoms with E-state index in [0.29, 0.717) is 21.9 Å². The van der Waals surface area contributed by atoms with Gasteiger partial charge in [0.1, 0.15) is 23.3 Å². The van der Waals surface area contributed by atoms with Gasteiger partial charge in [0.25, 0.3) is 5.56 Å². The van der Waals surface area contributed by atoms with Crippen molar-refractivity contribution in [1.82, 2.24) is 24.4 Å². The van der Waals surface area contributed by atoms with Gasteiger partial charge >= 0.3 is 0 Å². The fourth-order valence-electron chi connectivity index (χ4n) is 5.52. The minimum Gasteiger partial charge on any atom is -0.494 e. The smallest absolute Gasteiger partial charge is 0.291 e. The van der Waals surface area contributed by atoms with Gasteiger partial charge in [-0.15, -0.1) is 5.10 Å². The molecule has 0 amide bonds. The van der Waals surface area contributed by atoms with Gasteiger partial charge in [0, 0.05) is 29.3 Å². The number of ether oxygens (including phenoxy) is 2. The molecule has 0 spiro atoms. The van der Waals surface area contributed by atoms with Crippen molar-refractivity contribution in [1.29, 1.82) is 0 Å². The Morgan fingerprint density at radius 2 is 1.82 bits per heavy atom. The van der Waals surface area contributed by atoms with Crippen molar-refractivity contribution in [3.8, 4) is 39.8 Å². The highest BCUT2D eigenvalue weighted by molar-refractivity contribution is 7.15. The van der Waals surface area contributed by atoms with Crippen LogP contribution in [0.25, 0.3) is 39.4 Å². The molecule has 1 atom stereocenters. The zero-order chi connectivity index (χ0) is 30.0. The third-order valence-corrected chi connectivity index (χ3v) is 8.74. The molecule has 0 N–H and O–H groups in total. The van der Waals surface area contributed by atoms with Crippen LogP contribution in [0.2, 0.25) is 0 Å². The number of benzene rings is 3. The summed E-state index contributed by atoms with van der Waals surface area (Å²) in [5, 5.41) is 9.51. The lowest BCUT2D eigenvalue weighted by Gasteiger charge is -2.06. The monoisotopic (exact) mass is 603 g/mol. The van der Waals surface area contributed by atoms with E-state index in [9.17, 15) is 4.79 Å². The first-order chi connectivity index (χ1) is 21.6. The van der Waals surface area contributed by atoms with Crippen LogP contribution >= 0.6 is 11.3 Å². The zero-order valence-corrected chi connectivity index (χ0v) is 25.6. The number of hydrogen-bond acceptors (Lipinski definition) is 7. The van der Waals surface area contributed by atoms with Crippen molar-refractivity contribution in [2.24, 2.45) is 0 Å². The summed E-state index contributed by atoms with van der Waals surface area (Å²) in [7, 11) is 0. The van der Waals surface area contributed by atoms with Gasteiger partial charge in [-0.25, -0.2) is 4.68 Å². The van der Waals surface area contributed by atoms with Crippen LogP contribution in [-0.2, 0) is 6.42 Å². The summed E-state index contributed by atoms with van der Waals surface area (Å²) in [6.45, 7) is 4.99. The van der Waals surface area contributed by atoms with E-state index < -0.39 is 0 Å². The summed E-state index contributed by atoms with van der Waals surface area (Å²) in [6.07, 6.45) is 9.54. The molecular weight excluding hydrogens is 570 g/mol. The standard InChI is InChI=1S/C35H33N5O3S/c1-3-4-5-9-18-42-29-15-12-24(13-16-29)33-36-35-40(38-33)34(41)31(44-35)21-27-22-39(28-10-7-6-8-11-28)37-32(27)25-14-17-30-26(20-25)19-23(2)43-30/h6-8,10-17,20-23H,3-5,9,18-19H2,1-2H3/b31-21-. The maximum Gasteiger partial charge on any atom is 0.291 e. The molecule has 0 saturated heterocycles. The highest BCUT2D eigenvalue weighted by Crippen LogP contribution is 2.34. The van der Waals surface area contributed by atoms with Crippen LogP contribution in [0, 0.1) is 0 Å². The highest BCUT2D eigenvalue weighted by atomic mass is 32.1. The van der Waals surface area contributed by atoms with Gasteiger partial charge in [0.2, 0.25) is 4.96 Å². The van der Waals surface area contributed by atoms with Crippen molar-refractivity contribution in [3.05, 3.63) is 105 Å². The quantitative estimate of drug-likeness (QED) is 0.166. The van der Waals surface area contributed by atoms with E-state index in [-0.39, 0.29) is 11.7 Å². The Hall–Kier alpha value is -4.76. The molecule has 6 aromatic rings. The fraction of sp³-hybridized carbons (Fsp3) is 0.257. The Bertz CT molecular complexity index is 2030. The first kappa shape index (κ1) is 28.0. The van der Waals surface area contributed by atoms with Gasteiger partial charge in [-0.2, -0.15) is 14.6 Å². The Morgan fingerprint density at radius 1 is 1.00 bits per heavy atom. The second-order valence-corrected chi connectivity index (χ2v) is 12.2. The Labute approximate surface area is 259 Å². The molecule has 1 aliphatic rings. The maximum atomic E-state index is 13.5. The van der Waals surface area contributed by atoms with Crippen LogP contribution in [0.4, 0.5) is 0 Å². The minimum absolute atomic E-state index is 0.155. The van der Waals surface area contributed by atoms with Crippen LogP contribution in [0.1, 0.15) is 50.7 Å². The summed E-state index contributed by atoms with van der Waals surface area (Å²) >= 11 is 1.32. The normalized spacial score (nSPS) is 14.7. The molecule has 0 aliphatic carbocycles. The van der Waals surface area contributed by atoms with Crippen molar-refractivity contribution in [3.63, 3.8) is 0 Å². The summed E-state index contributed by atoms with van der Waals surface area (Å²) in [6, 6.07) is 23.9. The third-order valence-electron chi connectivity index (χ3n) is 7.78. The molecule has 8 nitrogen and oxygen atoms in total. The van der Waals surface area contributed by atoms with Crippen LogP contribution in [-0.4, -0.2) is 37.1 Å². The van der Waals surface area contributed by atoms with E-state index in [1.54, 1.807) is 0 Å². The molecule has 3 aromatic carbocycles. The lowest BCUT2D eigenvalue weighted by Crippen LogP contribution is -2.23. The van der Waals surface area contributed by atoms with Gasteiger partial charge < -0.3 is 9.47 Å². The van der Waals surface area contributed by atoms with Gasteiger partial charge in [-0.1, -0.05) is 55.7 Å². The zero-order valence-electron chi connectivity index (χ0n) is 24.8. The molecule has 0 bridgehead atoms. The summed E-state index contributed by atoms with van der Waals surface area (Å²) in [4.78, 5) is 18.8. The number of para-hydroxylation sites is 1. The average molecular weight is 604 g/mol. The van der Waals surface area contributed by atoms with E-state index in [2.05, 4.69) is 30.0 Å². The number of fused-ring (bicyclic) bond motifs is 2. The molecule has 1 unspecified atom stereocenters. The molecule has 4 heterocycles. The summed E-state index contributed by atoms with van der Waals surface area (Å²) < 4.78 is 15.6. The predicted octanol–water partition coefficient (Wildman–Crippen LogP) is 6.50. The lowest BCUT2D eigenvalue weighted by atomic mass is 10.0. The topological polar surface area (TPSA) is 83.5 Å². The van der Waals surface area contributed by atoms with Crippen molar-refractivity contribution < 1.29 is 9.47 Å². The number of rotatable bonds is 10. The molecule has 0 saturated carbocycles. The molecule has 3 aromatic heterocycles. The lowest BCUT2D eigenvalue weighted by molar-refractivity contribution is 0.254. The van der Waals surface area contributed by atoms with Gasteiger partial charge in [-0.05, 0) is 79.6 Å². The van der Waals surface area contributed by atoms with Crippen molar-refractivity contribution in [2.45, 2.75) is 52.1 Å². The van der Waals surface area contributed by atoms with Crippen molar-refractivity contribution >= 4 is 22.4 Å². The average Bonchev–Trinajstić information content (AvgIpc) is 3.81. The summed E-state index contributed by atoms with van der Waals surface area (Å²) in [5.74, 6) is 2.26. The molecule has 0 radical (unpaired) electrons. The first-order valence-electron chi connectivity index (χ1n) is 15.2. The highest BCUT2D eigenvalue weighted by Gasteiger charge is 2.21. The molecule has 0 fully saturated rings. The Kier molecular flexibility index (Phi) is 7.70. The Morgan fingerprint density at radius 3 is 2.61 bits per heavy atom. The largest absolute Gasteiger partial charge is 0.494 e. The van der Waals surface area contributed by atoms with E-state index >= 15 is 0 Å². The van der Waals surface area contributed by atoms with E-state index in [1.165, 1.54) is 35.1 Å². The molecule has 222 valence electrons. The molecular formula is C35H33N5O3S. The second kappa shape index (κ2) is 12.1. The molecule has 9 heteroatoms. The van der Waals surface area contributed by atoms with Crippen LogP contribution in [0.5, 0.6) is 11.5 Å². The second-order valence-electron chi connectivity index (χ2n) is 11.1. The number of nitrogens with zero attached hydrogens (tertiary/aromatic N) is 5. The molecule has 44 heavy (non-hydrogen) atoms. The van der Waals surface area contributed by atoms with Gasteiger partial charge in [0.05, 0.1) is 16.8 Å². The van der Waals surface area contributed by atoms with Crippen LogP contribution in [0.3, 0.4) is 0 Å². The first-order valence-corrected chi connectivity index (χ1v) is 16.0. The van der Waals surface area contributed by atoms with Gasteiger partial charge in [0.15, 0.2) is 5.82 Å². The van der Waals surface area contributed by atoms with Gasteiger partial charge in [-0.3, -0.25) is 4.79 Å². The number of hydrogen-bond donors (Lipinski definition) is 0. The van der Waals surface area contributed by atoms with Crippen LogP contribution < -0.4 is 19.6 Å². The van der Waals surface area contributed by atoms with E-state index in [4.69, 9.17) is 14.6 Å². The number of unbranched alkanes of at least 4 members (excludes halogenated alkanes) is 3. The third kappa shape index (κ3) is 5.63. The van der Waals surface area contributed by atoms with E-state index in [0.717, 1.165) is 58.0 Å². The molecule has 1 aliphatic heterocycles. The SMILES string of the molecule is CCCCCCOc1ccc(-c2nc3s/c(=C\c4cn(-c5ccccc5)nc4-c4ccc5c(c4)CC(C)O5)c(=O)n3n2)cc1.